The number of hydrogen-bond acceptors (Lipinski definition) is 5. The van der Waals surface area contributed by atoms with Gasteiger partial charge in [0.2, 0.25) is 19.6 Å². The van der Waals surface area contributed by atoms with Crippen LogP contribution in [0.3, 0.4) is 0 Å². The predicted molar refractivity (Wildman–Crippen MR) is 48.5 cm³/mol. The first kappa shape index (κ1) is 11.0. The van der Waals surface area contributed by atoms with Crippen LogP contribution < -0.4 is 10.2 Å². The van der Waals surface area contributed by atoms with Crippen LogP contribution in [0.5, 0.6) is 11.8 Å². The summed E-state index contributed by atoms with van der Waals surface area (Å²) in [7, 11) is 4.71. The summed E-state index contributed by atoms with van der Waals surface area (Å²) in [5.41, 5.74) is 0. The van der Waals surface area contributed by atoms with Crippen molar-refractivity contribution in [1.82, 2.24) is 10.0 Å². The summed E-state index contributed by atoms with van der Waals surface area (Å²) >= 11 is 0. The van der Waals surface area contributed by atoms with Crippen molar-refractivity contribution in [1.29, 1.82) is 0 Å². The molecule has 0 aliphatic rings. The predicted octanol–water partition coefficient (Wildman–Crippen LogP) is -1.27. The number of nitrogens with one attached hydrogen (secondary N) is 1. The van der Waals surface area contributed by atoms with Crippen LogP contribution in [0.4, 0.5) is 4.79 Å². The van der Waals surface area contributed by atoms with Gasteiger partial charge in [0.1, 0.15) is 6.54 Å². The summed E-state index contributed by atoms with van der Waals surface area (Å²) in [6, 6.07) is 2.26. The molecule has 3 N–H and O–H groups in total. The van der Waals surface area contributed by atoms with E-state index < -0.39 is 30.1 Å². The van der Waals surface area contributed by atoms with Crippen LogP contribution in [0.1, 0.15) is 0 Å². The third kappa shape index (κ3) is 2.94. The molecule has 0 aliphatic heterocycles. The zero-order valence-electron chi connectivity index (χ0n) is 7.51. The Bertz CT molecular complexity index is 369. The highest BCUT2D eigenvalue weighted by Gasteiger charge is 2.11. The van der Waals surface area contributed by atoms with Crippen molar-refractivity contribution in [3.05, 3.63) is 12.1 Å². The van der Waals surface area contributed by atoms with Crippen LogP contribution in [0, 0.1) is 0 Å². The maximum atomic E-state index is 11.0. The second-order valence-corrected chi connectivity index (χ2v) is 2.53. The lowest BCUT2D eigenvalue weighted by atomic mass is 10.1. The second-order valence-electron chi connectivity index (χ2n) is 2.53. The summed E-state index contributed by atoms with van der Waals surface area (Å²) in [6.07, 6.45) is 0. The Morgan fingerprint density at radius 3 is 2.40 bits per heavy atom. The van der Waals surface area contributed by atoms with Crippen LogP contribution in [0.15, 0.2) is 12.1 Å². The highest BCUT2D eigenvalue weighted by Crippen LogP contribution is 2.18. The van der Waals surface area contributed by atoms with Crippen molar-refractivity contribution in [2.45, 2.75) is 0 Å². The molecule has 8 heteroatoms. The zero-order valence-corrected chi connectivity index (χ0v) is 7.51. The smallest absolute Gasteiger partial charge is 0.352 e. The molecular formula is C7H7BN2O5. The molecule has 15 heavy (non-hydrogen) atoms. The third-order valence-electron chi connectivity index (χ3n) is 1.40. The Kier molecular flexibility index (Phi) is 3.22. The molecule has 0 saturated heterocycles. The Labute approximate surface area is 85.6 Å². The quantitative estimate of drug-likeness (QED) is 0.540. The molecule has 1 heterocycles. The SMILES string of the molecule is [B]C(=O)NCC(=O)On1c(O)ccc1O. The van der Waals surface area contributed by atoms with Gasteiger partial charge in [-0.1, -0.05) is 0 Å². The van der Waals surface area contributed by atoms with Gasteiger partial charge in [-0.25, -0.2) is 4.79 Å². The van der Waals surface area contributed by atoms with Crippen LogP contribution in [-0.4, -0.2) is 41.1 Å². The van der Waals surface area contributed by atoms with Gasteiger partial charge in [-0.3, -0.25) is 4.79 Å². The molecular weight excluding hydrogens is 203 g/mol. The van der Waals surface area contributed by atoms with Gasteiger partial charge in [-0.05, 0) is 0 Å². The molecule has 0 atom stereocenters. The molecule has 78 valence electrons. The van der Waals surface area contributed by atoms with E-state index in [0.29, 0.717) is 4.73 Å². The van der Waals surface area contributed by atoms with Gasteiger partial charge in [0, 0.05) is 12.1 Å². The van der Waals surface area contributed by atoms with Gasteiger partial charge in [0.05, 0.1) is 0 Å². The molecule has 1 aromatic heterocycles. The van der Waals surface area contributed by atoms with Gasteiger partial charge in [-0.15, -0.1) is 4.73 Å². The van der Waals surface area contributed by atoms with E-state index in [0.717, 1.165) is 12.1 Å². The molecule has 0 aromatic carbocycles. The molecule has 0 unspecified atom stereocenters. The topological polar surface area (TPSA) is 101 Å². The van der Waals surface area contributed by atoms with Gasteiger partial charge < -0.3 is 20.4 Å². The summed E-state index contributed by atoms with van der Waals surface area (Å²) in [6.45, 7) is -0.466. The van der Waals surface area contributed by atoms with Crippen molar-refractivity contribution in [2.75, 3.05) is 6.54 Å². The van der Waals surface area contributed by atoms with E-state index in [1.54, 1.807) is 0 Å². The van der Waals surface area contributed by atoms with Crippen molar-refractivity contribution in [2.24, 2.45) is 0 Å². The molecule has 0 aliphatic carbocycles. The minimum Gasteiger partial charge on any atom is -0.492 e. The normalized spacial score (nSPS) is 9.60. The minimum absolute atomic E-state index is 0.445. The molecule has 7 nitrogen and oxygen atoms in total. The number of carbonyl (C=O) groups excluding carboxylic acids is 2. The van der Waals surface area contributed by atoms with Crippen molar-refractivity contribution in [3.8, 4) is 11.8 Å². The van der Waals surface area contributed by atoms with E-state index in [1.165, 1.54) is 0 Å². The molecule has 1 aromatic rings. The van der Waals surface area contributed by atoms with Gasteiger partial charge in [0.25, 0.3) is 0 Å². The maximum absolute atomic E-state index is 11.0. The second kappa shape index (κ2) is 4.40. The van der Waals surface area contributed by atoms with Gasteiger partial charge >= 0.3 is 5.97 Å². The van der Waals surface area contributed by atoms with E-state index in [9.17, 15) is 9.59 Å². The highest BCUT2D eigenvalue weighted by molar-refractivity contribution is 6.57. The first-order valence-electron chi connectivity index (χ1n) is 3.85. The molecule has 0 spiro atoms. The Morgan fingerprint density at radius 2 is 1.93 bits per heavy atom. The molecule has 0 saturated carbocycles. The average molecular weight is 210 g/mol. The number of amides is 1. The van der Waals surface area contributed by atoms with E-state index >= 15 is 0 Å². The first-order valence-corrected chi connectivity index (χ1v) is 3.85. The molecule has 1 rings (SSSR count). The standard InChI is InChI=1S/C7H7BN2O5/c8-7(14)9-3-6(13)15-10-4(11)1-2-5(10)12/h1-2,11-12H,3H2,(H,9,14). The first-order chi connectivity index (χ1) is 7.00. The fourth-order valence-corrected chi connectivity index (χ4v) is 0.789. The van der Waals surface area contributed by atoms with Gasteiger partial charge in [-0.2, -0.15) is 0 Å². The Hall–Kier alpha value is -2.12. The maximum Gasteiger partial charge on any atom is 0.352 e. The third-order valence-corrected chi connectivity index (χ3v) is 1.40. The largest absolute Gasteiger partial charge is 0.492 e. The fourth-order valence-electron chi connectivity index (χ4n) is 0.789. The number of aromatic nitrogens is 1. The molecule has 0 bridgehead atoms. The van der Waals surface area contributed by atoms with Crippen LogP contribution in [0.2, 0.25) is 0 Å². The molecule has 2 radical (unpaired) electrons. The van der Waals surface area contributed by atoms with E-state index in [-0.39, 0.29) is 0 Å². The van der Waals surface area contributed by atoms with E-state index in [4.69, 9.17) is 18.1 Å². The molecule has 1 amide bonds. The van der Waals surface area contributed by atoms with Crippen LogP contribution in [0.25, 0.3) is 0 Å². The van der Waals surface area contributed by atoms with Crippen molar-refractivity contribution >= 4 is 19.6 Å². The summed E-state index contributed by atoms with van der Waals surface area (Å²) in [4.78, 5) is 25.7. The number of nitrogens with zero attached hydrogens (tertiary/aromatic N) is 1. The molecule has 0 fully saturated rings. The van der Waals surface area contributed by atoms with Crippen LogP contribution >= 0.6 is 0 Å². The number of hydrogen-bond donors (Lipinski definition) is 3. The summed E-state index contributed by atoms with van der Waals surface area (Å²) in [5, 5.41) is 20.1. The highest BCUT2D eigenvalue weighted by atomic mass is 16.7. The average Bonchev–Trinajstić information content (AvgIpc) is 2.46. The van der Waals surface area contributed by atoms with E-state index in [1.807, 2.05) is 5.32 Å². The minimum atomic E-state index is -0.893. The lowest BCUT2D eigenvalue weighted by Crippen LogP contribution is -2.33. The zero-order chi connectivity index (χ0) is 11.4. The number of rotatable bonds is 3. The monoisotopic (exact) mass is 210 g/mol. The fraction of sp³-hybridized carbons (Fsp3) is 0.143. The lowest BCUT2D eigenvalue weighted by molar-refractivity contribution is -0.144. The van der Waals surface area contributed by atoms with E-state index in [2.05, 4.69) is 4.84 Å². The van der Waals surface area contributed by atoms with Crippen molar-refractivity contribution < 1.29 is 24.6 Å². The van der Waals surface area contributed by atoms with Crippen LogP contribution in [-0.2, 0) is 4.79 Å². The summed E-state index contributed by atoms with van der Waals surface area (Å²) < 4.78 is 0.505. The number of carbonyl (C=O) groups is 2. The Morgan fingerprint density at radius 1 is 1.40 bits per heavy atom. The van der Waals surface area contributed by atoms with Crippen molar-refractivity contribution in [3.63, 3.8) is 0 Å². The number of aromatic hydroxyl groups is 2. The van der Waals surface area contributed by atoms with Gasteiger partial charge in [0.15, 0.2) is 5.81 Å². The lowest BCUT2D eigenvalue weighted by Gasteiger charge is -2.06. The summed E-state index contributed by atoms with van der Waals surface area (Å²) in [5.74, 6) is -2.66. The Balaban J connectivity index is 2.55.